The van der Waals surface area contributed by atoms with Crippen LogP contribution in [0.1, 0.15) is 29.9 Å². The fourth-order valence-corrected chi connectivity index (χ4v) is 4.73. The lowest BCUT2D eigenvalue weighted by atomic mass is 10.1. The van der Waals surface area contributed by atoms with E-state index in [0.29, 0.717) is 5.69 Å². The molecule has 1 fully saturated rings. The van der Waals surface area contributed by atoms with E-state index in [0.717, 1.165) is 67.1 Å². The van der Waals surface area contributed by atoms with Crippen molar-refractivity contribution in [2.24, 2.45) is 0 Å². The Morgan fingerprint density at radius 3 is 2.56 bits per heavy atom. The fraction of sp³-hybridized carbons (Fsp3) is 0.280. The molecular weight excluding hydrogens is 456 g/mol. The van der Waals surface area contributed by atoms with Crippen molar-refractivity contribution in [2.75, 3.05) is 31.5 Å². The summed E-state index contributed by atoms with van der Waals surface area (Å²) < 4.78 is 29.1. The third kappa shape index (κ3) is 5.32. The Bertz CT molecular complexity index is 1260. The lowest BCUT2D eigenvalue weighted by Crippen LogP contribution is -2.43. The summed E-state index contributed by atoms with van der Waals surface area (Å²) in [5, 5.41) is 8.25. The van der Waals surface area contributed by atoms with Gasteiger partial charge in [-0.25, -0.2) is 13.8 Å². The zero-order valence-corrected chi connectivity index (χ0v) is 20.0. The number of carbonyl (C=O) groups is 1. The number of rotatable bonds is 5. The van der Waals surface area contributed by atoms with Crippen molar-refractivity contribution in [3.63, 3.8) is 0 Å². The summed E-state index contributed by atoms with van der Waals surface area (Å²) in [6.45, 7) is 8.85. The van der Waals surface area contributed by atoms with Gasteiger partial charge < -0.3 is 10.6 Å². The molecule has 0 radical (unpaired) electrons. The molecule has 34 heavy (non-hydrogen) atoms. The lowest BCUT2D eigenvalue weighted by molar-refractivity contribution is 0.102. The third-order valence-corrected chi connectivity index (χ3v) is 6.34. The van der Waals surface area contributed by atoms with Gasteiger partial charge in [-0.2, -0.15) is 0 Å². The molecule has 1 aliphatic rings. The second-order valence-electron chi connectivity index (χ2n) is 7.69. The van der Waals surface area contributed by atoms with Crippen LogP contribution in [0.2, 0.25) is 0 Å². The number of thiazole rings is 1. The molecular formula is C25H27F2N5OS. The molecule has 9 heteroatoms. The van der Waals surface area contributed by atoms with Crippen LogP contribution in [-0.2, 0) is 6.54 Å². The van der Waals surface area contributed by atoms with Crippen molar-refractivity contribution in [1.82, 2.24) is 19.6 Å². The molecule has 3 heterocycles. The fourth-order valence-electron chi connectivity index (χ4n) is 3.87. The minimum atomic E-state index is -0.796. The topological polar surface area (TPSA) is 61.7 Å². The van der Waals surface area contributed by atoms with Gasteiger partial charge in [-0.05, 0) is 18.2 Å². The van der Waals surface area contributed by atoms with Crippen LogP contribution in [0.3, 0.4) is 0 Å². The van der Waals surface area contributed by atoms with Gasteiger partial charge in [0.25, 0.3) is 5.91 Å². The summed E-state index contributed by atoms with van der Waals surface area (Å²) in [5.74, 6) is -2.18. The Kier molecular flexibility index (Phi) is 7.66. The number of anilines is 1. The molecule has 1 aliphatic heterocycles. The molecule has 1 amide bonds. The Balaban J connectivity index is 0.00000133. The van der Waals surface area contributed by atoms with Crippen LogP contribution in [-0.4, -0.2) is 46.4 Å². The number of hydrogen-bond acceptors (Lipinski definition) is 5. The molecule has 4 aromatic rings. The van der Waals surface area contributed by atoms with Crippen LogP contribution in [0.15, 0.2) is 54.0 Å². The molecule has 0 atom stereocenters. The van der Waals surface area contributed by atoms with E-state index in [1.807, 2.05) is 32.2 Å². The summed E-state index contributed by atoms with van der Waals surface area (Å²) in [6.07, 6.45) is 1.97. The van der Waals surface area contributed by atoms with Crippen molar-refractivity contribution in [3.05, 3.63) is 76.9 Å². The molecule has 0 unspecified atom stereocenters. The van der Waals surface area contributed by atoms with Crippen molar-refractivity contribution in [1.29, 1.82) is 0 Å². The first kappa shape index (κ1) is 24.0. The Hall–Kier alpha value is -3.14. The molecule has 0 saturated carbocycles. The Labute approximate surface area is 201 Å². The molecule has 2 aromatic carbocycles. The number of aromatic nitrogens is 2. The number of imidazole rings is 1. The van der Waals surface area contributed by atoms with Crippen molar-refractivity contribution in [3.8, 4) is 11.3 Å². The zero-order chi connectivity index (χ0) is 24.1. The number of benzene rings is 2. The normalized spacial score (nSPS) is 14.0. The summed E-state index contributed by atoms with van der Waals surface area (Å²) in [4.78, 5) is 20.6. The predicted molar refractivity (Wildman–Crippen MR) is 132 cm³/mol. The van der Waals surface area contributed by atoms with Crippen LogP contribution in [0.4, 0.5) is 14.5 Å². The first-order valence-electron chi connectivity index (χ1n) is 11.3. The van der Waals surface area contributed by atoms with E-state index in [1.54, 1.807) is 23.5 Å². The number of amides is 1. The largest absolute Gasteiger partial charge is 0.321 e. The summed E-state index contributed by atoms with van der Waals surface area (Å²) in [6, 6.07) is 10.0. The summed E-state index contributed by atoms with van der Waals surface area (Å²) >= 11 is 1.58. The maximum Gasteiger partial charge on any atom is 0.255 e. The van der Waals surface area contributed by atoms with E-state index < -0.39 is 17.5 Å². The van der Waals surface area contributed by atoms with Crippen LogP contribution in [0, 0.1) is 11.6 Å². The second kappa shape index (κ2) is 10.9. The molecule has 0 spiro atoms. The van der Waals surface area contributed by atoms with Crippen molar-refractivity contribution >= 4 is 27.9 Å². The highest BCUT2D eigenvalue weighted by molar-refractivity contribution is 7.15. The first-order valence-corrected chi connectivity index (χ1v) is 12.2. The third-order valence-electron chi connectivity index (χ3n) is 5.45. The standard InChI is InChI=1S/C23H21F2N5OS.C2H6/c24-16-9-15(10-17(25)11-16)22(31)27-20-4-2-1-3-19(20)21-13-30-18(14-32-23(30)28-21)12-29-7-5-26-6-8-29;1-2/h1-4,9-11,13-14,26H,5-8,12H2,(H,27,31);1-2H3. The second-order valence-corrected chi connectivity index (χ2v) is 8.53. The highest BCUT2D eigenvalue weighted by Gasteiger charge is 2.17. The van der Waals surface area contributed by atoms with Gasteiger partial charge >= 0.3 is 0 Å². The van der Waals surface area contributed by atoms with Gasteiger partial charge in [0.05, 0.1) is 11.4 Å². The maximum atomic E-state index is 13.5. The summed E-state index contributed by atoms with van der Waals surface area (Å²) in [7, 11) is 0. The van der Waals surface area contributed by atoms with Gasteiger partial charge in [0.1, 0.15) is 11.6 Å². The van der Waals surface area contributed by atoms with E-state index >= 15 is 0 Å². The molecule has 178 valence electrons. The van der Waals surface area contributed by atoms with Crippen LogP contribution in [0.25, 0.3) is 16.2 Å². The van der Waals surface area contributed by atoms with E-state index in [9.17, 15) is 13.6 Å². The summed E-state index contributed by atoms with van der Waals surface area (Å²) in [5.41, 5.74) is 3.07. The highest BCUT2D eigenvalue weighted by atomic mass is 32.1. The molecule has 6 nitrogen and oxygen atoms in total. The van der Waals surface area contributed by atoms with Gasteiger partial charge in [-0.1, -0.05) is 32.0 Å². The average molecular weight is 484 g/mol. The van der Waals surface area contributed by atoms with Gasteiger partial charge in [0.2, 0.25) is 0 Å². The first-order chi connectivity index (χ1) is 16.6. The van der Waals surface area contributed by atoms with E-state index in [2.05, 4.69) is 25.3 Å². The molecule has 2 N–H and O–H groups in total. The Morgan fingerprint density at radius 2 is 1.82 bits per heavy atom. The van der Waals surface area contributed by atoms with Crippen molar-refractivity contribution in [2.45, 2.75) is 20.4 Å². The number of fused-ring (bicyclic) bond motifs is 1. The van der Waals surface area contributed by atoms with Gasteiger partial charge in [0.15, 0.2) is 4.96 Å². The molecule has 0 bridgehead atoms. The molecule has 2 aromatic heterocycles. The number of nitrogens with one attached hydrogen (secondary N) is 2. The van der Waals surface area contributed by atoms with E-state index in [1.165, 1.54) is 5.69 Å². The van der Waals surface area contributed by atoms with Crippen LogP contribution >= 0.6 is 11.3 Å². The monoisotopic (exact) mass is 483 g/mol. The number of para-hydroxylation sites is 1. The highest BCUT2D eigenvalue weighted by Crippen LogP contribution is 2.30. The SMILES string of the molecule is CC.O=C(Nc1ccccc1-c1cn2c(CN3CCNCC3)csc2n1)c1cc(F)cc(F)c1. The van der Waals surface area contributed by atoms with Crippen molar-refractivity contribution < 1.29 is 13.6 Å². The smallest absolute Gasteiger partial charge is 0.255 e. The quantitative estimate of drug-likeness (QED) is 0.418. The lowest BCUT2D eigenvalue weighted by Gasteiger charge is -2.26. The van der Waals surface area contributed by atoms with Crippen LogP contribution in [0.5, 0.6) is 0 Å². The Morgan fingerprint density at radius 1 is 1.12 bits per heavy atom. The van der Waals surface area contributed by atoms with Gasteiger partial charge in [0, 0.05) is 67.2 Å². The van der Waals surface area contributed by atoms with Crippen LogP contribution < -0.4 is 10.6 Å². The van der Waals surface area contributed by atoms with E-state index in [-0.39, 0.29) is 5.56 Å². The van der Waals surface area contributed by atoms with E-state index in [4.69, 9.17) is 4.98 Å². The minimum Gasteiger partial charge on any atom is -0.321 e. The minimum absolute atomic E-state index is 0.0820. The number of halogens is 2. The number of piperazine rings is 1. The number of nitrogens with zero attached hydrogens (tertiary/aromatic N) is 3. The number of carbonyl (C=O) groups excluding carboxylic acids is 1. The molecule has 0 aliphatic carbocycles. The predicted octanol–water partition coefficient (Wildman–Crippen LogP) is 5.02. The molecule has 5 rings (SSSR count). The maximum absolute atomic E-state index is 13.5. The average Bonchev–Trinajstić information content (AvgIpc) is 3.43. The molecule has 1 saturated heterocycles. The van der Waals surface area contributed by atoms with Gasteiger partial charge in [-0.3, -0.25) is 14.1 Å². The zero-order valence-electron chi connectivity index (χ0n) is 19.1. The number of hydrogen-bond donors (Lipinski definition) is 2. The van der Waals surface area contributed by atoms with Gasteiger partial charge in [-0.15, -0.1) is 11.3 Å².